The molecule has 3 nitrogen and oxygen atoms in total. The summed E-state index contributed by atoms with van der Waals surface area (Å²) in [5.74, 6) is -0.229. The van der Waals surface area contributed by atoms with Crippen LogP contribution in [-0.2, 0) is 0 Å². The van der Waals surface area contributed by atoms with Gasteiger partial charge in [0.05, 0.1) is 5.71 Å². The lowest BCUT2D eigenvalue weighted by atomic mass is 10.1. The van der Waals surface area contributed by atoms with E-state index in [1.54, 1.807) is 12.1 Å². The number of halogens is 2. The minimum absolute atomic E-state index is 0.229. The van der Waals surface area contributed by atoms with Crippen molar-refractivity contribution in [1.29, 1.82) is 0 Å². The molecule has 1 amide bonds. The summed E-state index contributed by atoms with van der Waals surface area (Å²) in [6.07, 6.45) is 0. The van der Waals surface area contributed by atoms with E-state index in [0.29, 0.717) is 5.56 Å². The standard InChI is InChI=1S/C16H14Br2N2O/c1-10-3-4-13(9-15(10)18)16(21)20-19-11(2)12-5-7-14(17)8-6-12/h3-9H,1-2H3,(H,20,21). The number of rotatable bonds is 3. The van der Waals surface area contributed by atoms with E-state index >= 15 is 0 Å². The molecule has 0 fully saturated rings. The summed E-state index contributed by atoms with van der Waals surface area (Å²) in [4.78, 5) is 12.1. The summed E-state index contributed by atoms with van der Waals surface area (Å²) in [6.45, 7) is 3.83. The van der Waals surface area contributed by atoms with E-state index < -0.39 is 0 Å². The summed E-state index contributed by atoms with van der Waals surface area (Å²) in [5.41, 5.74) is 5.94. The molecule has 21 heavy (non-hydrogen) atoms. The Hall–Kier alpha value is -1.46. The SMILES string of the molecule is CC(=NNC(=O)c1ccc(C)c(Br)c1)c1ccc(Br)cc1. The van der Waals surface area contributed by atoms with Crippen molar-refractivity contribution >= 4 is 43.5 Å². The number of carbonyl (C=O) groups excluding carboxylic acids is 1. The van der Waals surface area contributed by atoms with Gasteiger partial charge in [-0.15, -0.1) is 0 Å². The molecule has 0 saturated heterocycles. The van der Waals surface area contributed by atoms with Gasteiger partial charge in [0, 0.05) is 14.5 Å². The first-order valence-corrected chi connectivity index (χ1v) is 7.92. The van der Waals surface area contributed by atoms with Crippen LogP contribution in [0, 0.1) is 6.92 Å². The van der Waals surface area contributed by atoms with Gasteiger partial charge in [-0.1, -0.05) is 50.1 Å². The third-order valence-electron chi connectivity index (χ3n) is 3.02. The lowest BCUT2D eigenvalue weighted by Crippen LogP contribution is -2.19. The van der Waals surface area contributed by atoms with Gasteiger partial charge < -0.3 is 0 Å². The highest BCUT2D eigenvalue weighted by atomic mass is 79.9. The van der Waals surface area contributed by atoms with Crippen molar-refractivity contribution in [1.82, 2.24) is 5.43 Å². The minimum atomic E-state index is -0.229. The van der Waals surface area contributed by atoms with Crippen LogP contribution in [0.3, 0.4) is 0 Å². The fourth-order valence-electron chi connectivity index (χ4n) is 1.69. The molecular formula is C16H14Br2N2O. The summed E-state index contributed by atoms with van der Waals surface area (Å²) in [6, 6.07) is 13.2. The van der Waals surface area contributed by atoms with Gasteiger partial charge in [-0.2, -0.15) is 5.10 Å². The molecule has 0 radical (unpaired) electrons. The van der Waals surface area contributed by atoms with Crippen LogP contribution in [0.2, 0.25) is 0 Å². The van der Waals surface area contributed by atoms with Crippen LogP contribution >= 0.6 is 31.9 Å². The first kappa shape index (κ1) is 15.9. The lowest BCUT2D eigenvalue weighted by Gasteiger charge is -2.05. The zero-order chi connectivity index (χ0) is 15.4. The molecule has 0 aliphatic heterocycles. The average molecular weight is 410 g/mol. The molecule has 0 saturated carbocycles. The van der Waals surface area contributed by atoms with E-state index in [1.165, 1.54) is 0 Å². The molecule has 2 rings (SSSR count). The number of amides is 1. The van der Waals surface area contributed by atoms with Gasteiger partial charge in [0.15, 0.2) is 0 Å². The monoisotopic (exact) mass is 408 g/mol. The number of hydrogen-bond donors (Lipinski definition) is 1. The maximum Gasteiger partial charge on any atom is 0.271 e. The van der Waals surface area contributed by atoms with Gasteiger partial charge in [-0.25, -0.2) is 5.43 Å². The Balaban J connectivity index is 2.10. The third-order valence-corrected chi connectivity index (χ3v) is 4.40. The molecule has 0 heterocycles. The summed E-state index contributed by atoms with van der Waals surface area (Å²) >= 11 is 6.80. The van der Waals surface area contributed by atoms with Gasteiger partial charge in [-0.3, -0.25) is 4.79 Å². The first-order chi connectivity index (χ1) is 9.97. The van der Waals surface area contributed by atoms with Gasteiger partial charge in [-0.05, 0) is 49.2 Å². The predicted octanol–water partition coefficient (Wildman–Crippen LogP) is 4.67. The molecule has 0 spiro atoms. The van der Waals surface area contributed by atoms with E-state index in [9.17, 15) is 4.79 Å². The largest absolute Gasteiger partial charge is 0.271 e. The number of aryl methyl sites for hydroxylation is 1. The highest BCUT2D eigenvalue weighted by molar-refractivity contribution is 9.10. The van der Waals surface area contributed by atoms with Crippen molar-refractivity contribution in [2.45, 2.75) is 13.8 Å². The zero-order valence-electron chi connectivity index (χ0n) is 11.7. The summed E-state index contributed by atoms with van der Waals surface area (Å²) in [5, 5.41) is 4.14. The molecule has 1 N–H and O–H groups in total. The van der Waals surface area contributed by atoms with Gasteiger partial charge in [0.25, 0.3) is 5.91 Å². The Bertz CT molecular complexity index is 694. The fourth-order valence-corrected chi connectivity index (χ4v) is 2.33. The van der Waals surface area contributed by atoms with E-state index in [0.717, 1.165) is 25.8 Å². The van der Waals surface area contributed by atoms with Crippen LogP contribution in [0.25, 0.3) is 0 Å². The van der Waals surface area contributed by atoms with Crippen LogP contribution in [0.5, 0.6) is 0 Å². The molecule has 0 atom stereocenters. The maximum absolute atomic E-state index is 12.1. The highest BCUT2D eigenvalue weighted by Crippen LogP contribution is 2.17. The molecule has 0 unspecified atom stereocenters. The number of hydrazone groups is 1. The summed E-state index contributed by atoms with van der Waals surface area (Å²) < 4.78 is 1.91. The van der Waals surface area contributed by atoms with E-state index in [-0.39, 0.29) is 5.91 Å². The maximum atomic E-state index is 12.1. The van der Waals surface area contributed by atoms with Gasteiger partial charge in [0.2, 0.25) is 0 Å². The van der Waals surface area contributed by atoms with E-state index in [2.05, 4.69) is 42.4 Å². The van der Waals surface area contributed by atoms with Crippen molar-refractivity contribution in [3.05, 3.63) is 68.1 Å². The second kappa shape index (κ2) is 7.00. The Kier molecular flexibility index (Phi) is 5.31. The number of nitrogens with zero attached hydrogens (tertiary/aromatic N) is 1. The van der Waals surface area contributed by atoms with Crippen molar-refractivity contribution in [2.24, 2.45) is 5.10 Å². The molecule has 0 aromatic heterocycles. The number of carbonyl (C=O) groups is 1. The number of hydrogen-bond acceptors (Lipinski definition) is 2. The Morgan fingerprint density at radius 1 is 1.05 bits per heavy atom. The zero-order valence-corrected chi connectivity index (χ0v) is 14.8. The molecule has 2 aromatic rings. The van der Waals surface area contributed by atoms with Gasteiger partial charge in [0.1, 0.15) is 0 Å². The Morgan fingerprint density at radius 3 is 2.29 bits per heavy atom. The Morgan fingerprint density at radius 2 is 1.67 bits per heavy atom. The predicted molar refractivity (Wildman–Crippen MR) is 92.7 cm³/mol. The second-order valence-electron chi connectivity index (χ2n) is 4.61. The normalized spacial score (nSPS) is 11.3. The van der Waals surface area contributed by atoms with Crippen LogP contribution in [0.4, 0.5) is 0 Å². The highest BCUT2D eigenvalue weighted by Gasteiger charge is 2.06. The number of nitrogens with one attached hydrogen (secondary N) is 1. The quantitative estimate of drug-likeness (QED) is 0.580. The van der Waals surface area contributed by atoms with Crippen molar-refractivity contribution in [3.63, 3.8) is 0 Å². The minimum Gasteiger partial charge on any atom is -0.267 e. The topological polar surface area (TPSA) is 41.5 Å². The van der Waals surface area contributed by atoms with Gasteiger partial charge >= 0.3 is 0 Å². The average Bonchev–Trinajstić information content (AvgIpc) is 2.48. The van der Waals surface area contributed by atoms with Crippen molar-refractivity contribution in [2.75, 3.05) is 0 Å². The van der Waals surface area contributed by atoms with Crippen LogP contribution in [0.1, 0.15) is 28.4 Å². The smallest absolute Gasteiger partial charge is 0.267 e. The summed E-state index contributed by atoms with van der Waals surface area (Å²) in [7, 11) is 0. The second-order valence-corrected chi connectivity index (χ2v) is 6.38. The molecular weight excluding hydrogens is 396 g/mol. The van der Waals surface area contributed by atoms with Crippen LogP contribution in [0.15, 0.2) is 56.5 Å². The molecule has 108 valence electrons. The van der Waals surface area contributed by atoms with Crippen molar-refractivity contribution < 1.29 is 4.79 Å². The third kappa shape index (κ3) is 4.25. The molecule has 5 heteroatoms. The number of benzene rings is 2. The first-order valence-electron chi connectivity index (χ1n) is 6.34. The molecule has 0 bridgehead atoms. The molecule has 2 aromatic carbocycles. The fraction of sp³-hybridized carbons (Fsp3) is 0.125. The molecule has 0 aliphatic carbocycles. The lowest BCUT2D eigenvalue weighted by molar-refractivity contribution is 0.0955. The van der Waals surface area contributed by atoms with E-state index in [1.807, 2.05) is 44.2 Å². The van der Waals surface area contributed by atoms with E-state index in [4.69, 9.17) is 0 Å². The van der Waals surface area contributed by atoms with Crippen LogP contribution in [-0.4, -0.2) is 11.6 Å². The Labute approximate surface area is 140 Å². The van der Waals surface area contributed by atoms with Crippen LogP contribution < -0.4 is 5.43 Å². The van der Waals surface area contributed by atoms with Crippen molar-refractivity contribution in [3.8, 4) is 0 Å². The molecule has 0 aliphatic rings.